The Bertz CT molecular complexity index is 775. The number of hydrogen-bond acceptors (Lipinski definition) is 7. The van der Waals surface area contributed by atoms with Crippen molar-refractivity contribution in [1.82, 2.24) is 14.7 Å². The number of ether oxygens (including phenoxy) is 1. The molecular formula is C21H32N4O4S. The summed E-state index contributed by atoms with van der Waals surface area (Å²) in [6.45, 7) is 5.93. The van der Waals surface area contributed by atoms with Crippen LogP contribution in [0.4, 0.5) is 5.00 Å². The van der Waals surface area contributed by atoms with Crippen LogP contribution in [0.25, 0.3) is 0 Å². The van der Waals surface area contributed by atoms with Crippen molar-refractivity contribution < 1.29 is 19.1 Å². The maximum absolute atomic E-state index is 12.7. The molecule has 1 aliphatic heterocycles. The van der Waals surface area contributed by atoms with E-state index >= 15 is 0 Å². The fraction of sp³-hybridized carbons (Fsp3) is 0.667. The summed E-state index contributed by atoms with van der Waals surface area (Å²) in [4.78, 5) is 42.9. The van der Waals surface area contributed by atoms with Crippen LogP contribution in [-0.4, -0.2) is 92.5 Å². The average Bonchev–Trinajstić information content (AvgIpc) is 3.48. The quantitative estimate of drug-likeness (QED) is 0.626. The van der Waals surface area contributed by atoms with Gasteiger partial charge in [-0.2, -0.15) is 0 Å². The van der Waals surface area contributed by atoms with Crippen LogP contribution in [0.5, 0.6) is 0 Å². The molecule has 2 amide bonds. The molecule has 0 atom stereocenters. The van der Waals surface area contributed by atoms with Gasteiger partial charge >= 0.3 is 5.97 Å². The Balaban J connectivity index is 1.56. The second-order valence-electron chi connectivity index (χ2n) is 8.13. The Labute approximate surface area is 182 Å². The fourth-order valence-corrected chi connectivity index (χ4v) is 4.66. The number of esters is 1. The van der Waals surface area contributed by atoms with Crippen LogP contribution in [0, 0.1) is 0 Å². The highest BCUT2D eigenvalue weighted by atomic mass is 32.1. The maximum atomic E-state index is 12.7. The van der Waals surface area contributed by atoms with Crippen LogP contribution in [0.3, 0.4) is 0 Å². The average molecular weight is 437 g/mol. The van der Waals surface area contributed by atoms with E-state index in [-0.39, 0.29) is 24.3 Å². The standard InChI is InChI=1S/C21H32N4O4S/c1-4-29-21(28)19-16(15-6-7-15)14-30-20(19)22-17(26)12-24-8-5-9-25(11-10-24)13-18(27)23(2)3/h14-15H,4-13H2,1-3H3,(H,22,26). The fourth-order valence-electron chi connectivity index (χ4n) is 3.61. The second-order valence-corrected chi connectivity index (χ2v) is 9.01. The number of carbonyl (C=O) groups is 3. The molecule has 0 spiro atoms. The first-order chi connectivity index (χ1) is 14.4. The van der Waals surface area contributed by atoms with Gasteiger partial charge in [-0.05, 0) is 56.1 Å². The van der Waals surface area contributed by atoms with Crippen molar-refractivity contribution >= 4 is 34.1 Å². The molecule has 0 bridgehead atoms. The van der Waals surface area contributed by atoms with E-state index in [1.807, 2.05) is 5.38 Å². The summed E-state index contributed by atoms with van der Waals surface area (Å²) in [7, 11) is 3.53. The van der Waals surface area contributed by atoms with E-state index in [0.29, 0.717) is 29.6 Å². The number of thiophene rings is 1. The van der Waals surface area contributed by atoms with Gasteiger partial charge in [0.15, 0.2) is 0 Å². The number of rotatable bonds is 8. The summed E-state index contributed by atoms with van der Waals surface area (Å²) in [6.07, 6.45) is 3.07. The molecular weight excluding hydrogens is 404 g/mol. The molecule has 2 fully saturated rings. The molecule has 1 aromatic heterocycles. The van der Waals surface area contributed by atoms with Crippen LogP contribution >= 0.6 is 11.3 Å². The third kappa shape index (κ3) is 6.02. The number of carbonyl (C=O) groups excluding carboxylic acids is 3. The predicted molar refractivity (Wildman–Crippen MR) is 117 cm³/mol. The normalized spacial score (nSPS) is 18.0. The third-order valence-electron chi connectivity index (χ3n) is 5.48. The summed E-state index contributed by atoms with van der Waals surface area (Å²) < 4.78 is 5.22. The predicted octanol–water partition coefficient (Wildman–Crippen LogP) is 1.84. The molecule has 2 aliphatic rings. The minimum atomic E-state index is -0.355. The lowest BCUT2D eigenvalue weighted by Crippen LogP contribution is -2.39. The van der Waals surface area contributed by atoms with Crippen LogP contribution < -0.4 is 5.32 Å². The molecule has 1 aliphatic carbocycles. The highest BCUT2D eigenvalue weighted by molar-refractivity contribution is 7.15. The second kappa shape index (κ2) is 10.4. The third-order valence-corrected chi connectivity index (χ3v) is 6.39. The summed E-state index contributed by atoms with van der Waals surface area (Å²) in [6, 6.07) is 0. The first-order valence-electron chi connectivity index (χ1n) is 10.6. The van der Waals surface area contributed by atoms with E-state index in [2.05, 4.69) is 15.1 Å². The minimum Gasteiger partial charge on any atom is -0.462 e. The van der Waals surface area contributed by atoms with Gasteiger partial charge in [-0.3, -0.25) is 19.4 Å². The smallest absolute Gasteiger partial charge is 0.341 e. The molecule has 1 aromatic rings. The zero-order valence-electron chi connectivity index (χ0n) is 18.1. The number of nitrogens with zero attached hydrogens (tertiary/aromatic N) is 3. The molecule has 0 aromatic carbocycles. The molecule has 1 N–H and O–H groups in total. The van der Waals surface area contributed by atoms with E-state index in [1.54, 1.807) is 25.9 Å². The molecule has 9 heteroatoms. The first kappa shape index (κ1) is 22.7. The number of nitrogens with one attached hydrogen (secondary N) is 1. The van der Waals surface area contributed by atoms with Crippen molar-refractivity contribution in [3.8, 4) is 0 Å². The zero-order chi connectivity index (χ0) is 21.7. The molecule has 3 rings (SSSR count). The Morgan fingerprint density at radius 3 is 2.40 bits per heavy atom. The number of anilines is 1. The molecule has 1 saturated heterocycles. The lowest BCUT2D eigenvalue weighted by Gasteiger charge is -2.22. The van der Waals surface area contributed by atoms with Crippen molar-refractivity contribution in [2.45, 2.75) is 32.1 Å². The highest BCUT2D eigenvalue weighted by Crippen LogP contribution is 2.46. The first-order valence-corrected chi connectivity index (χ1v) is 11.5. The van der Waals surface area contributed by atoms with Gasteiger partial charge in [-0.1, -0.05) is 0 Å². The van der Waals surface area contributed by atoms with E-state index in [0.717, 1.165) is 51.0 Å². The number of hydrogen-bond donors (Lipinski definition) is 1. The minimum absolute atomic E-state index is 0.0943. The largest absolute Gasteiger partial charge is 0.462 e. The van der Waals surface area contributed by atoms with E-state index in [1.165, 1.54) is 11.3 Å². The monoisotopic (exact) mass is 436 g/mol. The molecule has 166 valence electrons. The van der Waals surface area contributed by atoms with E-state index < -0.39 is 0 Å². The maximum Gasteiger partial charge on any atom is 0.341 e. The van der Waals surface area contributed by atoms with Crippen molar-refractivity contribution in [1.29, 1.82) is 0 Å². The summed E-state index contributed by atoms with van der Waals surface area (Å²) in [5.41, 5.74) is 1.53. The molecule has 8 nitrogen and oxygen atoms in total. The lowest BCUT2D eigenvalue weighted by molar-refractivity contribution is -0.130. The molecule has 0 unspecified atom stereocenters. The van der Waals surface area contributed by atoms with Crippen LogP contribution in [0.1, 0.15) is 48.0 Å². The van der Waals surface area contributed by atoms with Gasteiger partial charge in [0, 0.05) is 27.2 Å². The van der Waals surface area contributed by atoms with Gasteiger partial charge in [0.1, 0.15) is 5.00 Å². The Morgan fingerprint density at radius 1 is 1.13 bits per heavy atom. The summed E-state index contributed by atoms with van der Waals surface area (Å²) in [5, 5.41) is 5.51. The number of amides is 2. The molecule has 30 heavy (non-hydrogen) atoms. The van der Waals surface area contributed by atoms with Crippen molar-refractivity contribution in [3.63, 3.8) is 0 Å². The van der Waals surface area contributed by atoms with E-state index in [9.17, 15) is 14.4 Å². The van der Waals surface area contributed by atoms with Crippen LogP contribution in [0.15, 0.2) is 5.38 Å². The van der Waals surface area contributed by atoms with Crippen molar-refractivity contribution in [2.75, 3.05) is 65.3 Å². The van der Waals surface area contributed by atoms with E-state index in [4.69, 9.17) is 4.74 Å². The number of likely N-dealkylation sites (N-methyl/N-ethyl adjacent to an activating group) is 1. The van der Waals surface area contributed by atoms with Gasteiger partial charge < -0.3 is 15.0 Å². The molecule has 0 radical (unpaired) electrons. The van der Waals surface area contributed by atoms with Crippen molar-refractivity contribution in [3.05, 3.63) is 16.5 Å². The highest BCUT2D eigenvalue weighted by Gasteiger charge is 2.32. The van der Waals surface area contributed by atoms with Gasteiger partial charge in [-0.15, -0.1) is 11.3 Å². The molecule has 1 saturated carbocycles. The zero-order valence-corrected chi connectivity index (χ0v) is 18.9. The Morgan fingerprint density at radius 2 is 1.80 bits per heavy atom. The lowest BCUT2D eigenvalue weighted by atomic mass is 10.1. The Hall–Kier alpha value is -1.97. The summed E-state index contributed by atoms with van der Waals surface area (Å²) in [5.74, 6) is 0.0270. The van der Waals surface area contributed by atoms with Crippen LogP contribution in [0.2, 0.25) is 0 Å². The van der Waals surface area contributed by atoms with Crippen molar-refractivity contribution in [2.24, 2.45) is 0 Å². The SMILES string of the molecule is CCOC(=O)c1c(C2CC2)csc1NC(=O)CN1CCCN(CC(=O)N(C)C)CC1. The molecule has 2 heterocycles. The van der Waals surface area contributed by atoms with Gasteiger partial charge in [-0.25, -0.2) is 4.79 Å². The Kier molecular flexibility index (Phi) is 7.85. The van der Waals surface area contributed by atoms with Gasteiger partial charge in [0.2, 0.25) is 11.8 Å². The van der Waals surface area contributed by atoms with Gasteiger partial charge in [0.05, 0.1) is 25.3 Å². The van der Waals surface area contributed by atoms with Gasteiger partial charge in [0.25, 0.3) is 0 Å². The summed E-state index contributed by atoms with van der Waals surface area (Å²) >= 11 is 1.40. The van der Waals surface area contributed by atoms with Crippen LogP contribution in [-0.2, 0) is 14.3 Å². The topological polar surface area (TPSA) is 82.2 Å².